The van der Waals surface area contributed by atoms with E-state index in [1.807, 2.05) is 30.3 Å². The Kier molecular flexibility index (Phi) is 5.27. The minimum absolute atomic E-state index is 0.132. The number of aromatic nitrogens is 1. The molecule has 0 spiro atoms. The number of pyridine rings is 1. The highest BCUT2D eigenvalue weighted by molar-refractivity contribution is 5.95. The number of para-hydroxylation sites is 1. The highest BCUT2D eigenvalue weighted by Gasteiger charge is 2.13. The third-order valence-corrected chi connectivity index (χ3v) is 5.56. The number of hydrogen-bond acceptors (Lipinski definition) is 2. The van der Waals surface area contributed by atoms with Gasteiger partial charge in [-0.1, -0.05) is 48.5 Å². The normalized spacial score (nSPS) is 11.4. The molecule has 0 amide bonds. The van der Waals surface area contributed by atoms with Crippen LogP contribution < -0.4 is 10.7 Å². The van der Waals surface area contributed by atoms with Gasteiger partial charge in [0.15, 0.2) is 5.43 Å². The van der Waals surface area contributed by atoms with Crippen LogP contribution in [0.1, 0.15) is 23.1 Å². The lowest BCUT2D eigenvalue weighted by Gasteiger charge is -2.18. The van der Waals surface area contributed by atoms with Crippen molar-refractivity contribution in [3.63, 3.8) is 0 Å². The molecular weight excluding hydrogens is 344 g/mol. The van der Waals surface area contributed by atoms with Gasteiger partial charge in [-0.05, 0) is 61.7 Å². The predicted molar refractivity (Wildman–Crippen MR) is 118 cm³/mol. The van der Waals surface area contributed by atoms with E-state index in [1.165, 1.54) is 16.7 Å². The molecule has 4 rings (SSSR count). The number of nitrogens with one attached hydrogen (secondary N) is 1. The van der Waals surface area contributed by atoms with Crippen molar-refractivity contribution < 1.29 is 0 Å². The molecule has 1 heterocycles. The fraction of sp³-hybridized carbons (Fsp3) is 0.240. The number of fused-ring (bicyclic) bond motifs is 2. The molecule has 0 saturated carbocycles. The summed E-state index contributed by atoms with van der Waals surface area (Å²) in [5.41, 5.74) is 5.94. The van der Waals surface area contributed by atoms with Crippen LogP contribution in [0.5, 0.6) is 0 Å². The van der Waals surface area contributed by atoms with Crippen LogP contribution in [-0.2, 0) is 13.1 Å². The van der Waals surface area contributed by atoms with E-state index in [2.05, 4.69) is 60.1 Å². The van der Waals surface area contributed by atoms with Crippen LogP contribution in [0, 0.1) is 13.8 Å². The van der Waals surface area contributed by atoms with E-state index in [4.69, 9.17) is 0 Å². The number of benzene rings is 3. The summed E-state index contributed by atoms with van der Waals surface area (Å²) in [4.78, 5) is 13.0. The summed E-state index contributed by atoms with van der Waals surface area (Å²) in [6.45, 7) is 6.92. The Balaban J connectivity index is 1.64. The Bertz CT molecular complexity index is 1180. The molecule has 0 fully saturated rings. The maximum atomic E-state index is 13.0. The van der Waals surface area contributed by atoms with E-state index in [0.29, 0.717) is 0 Å². The van der Waals surface area contributed by atoms with Gasteiger partial charge in [-0.2, -0.15) is 0 Å². The largest absolute Gasteiger partial charge is 0.340 e. The third kappa shape index (κ3) is 3.46. The third-order valence-electron chi connectivity index (χ3n) is 5.56. The van der Waals surface area contributed by atoms with Gasteiger partial charge >= 0.3 is 0 Å². The first-order valence-corrected chi connectivity index (χ1v) is 9.93. The summed E-state index contributed by atoms with van der Waals surface area (Å²) < 4.78 is 2.33. The summed E-state index contributed by atoms with van der Waals surface area (Å²) in [5.74, 6) is 0. The predicted octanol–water partition coefficient (Wildman–Crippen LogP) is 4.95. The second kappa shape index (κ2) is 7.99. The van der Waals surface area contributed by atoms with Gasteiger partial charge in [0.2, 0.25) is 0 Å². The lowest BCUT2D eigenvalue weighted by molar-refractivity contribution is 0.596. The molecule has 0 saturated heterocycles. The van der Waals surface area contributed by atoms with Crippen LogP contribution in [0.2, 0.25) is 0 Å². The lowest BCUT2D eigenvalue weighted by atomic mass is 10.0. The topological polar surface area (TPSA) is 34.0 Å². The highest BCUT2D eigenvalue weighted by atomic mass is 16.1. The quantitative estimate of drug-likeness (QED) is 0.385. The Morgan fingerprint density at radius 1 is 0.857 bits per heavy atom. The van der Waals surface area contributed by atoms with Gasteiger partial charge < -0.3 is 9.88 Å². The molecule has 0 aliphatic carbocycles. The fourth-order valence-corrected chi connectivity index (χ4v) is 3.92. The average molecular weight is 370 g/mol. The molecule has 28 heavy (non-hydrogen) atoms. The number of nitrogens with zero attached hydrogens (tertiary/aromatic N) is 1. The zero-order valence-electron chi connectivity index (χ0n) is 16.5. The van der Waals surface area contributed by atoms with Gasteiger partial charge in [-0.25, -0.2) is 0 Å². The molecule has 0 radical (unpaired) electrons. The van der Waals surface area contributed by atoms with E-state index in [0.717, 1.165) is 47.9 Å². The molecule has 3 aromatic carbocycles. The van der Waals surface area contributed by atoms with Crippen molar-refractivity contribution >= 4 is 21.8 Å². The highest BCUT2D eigenvalue weighted by Crippen LogP contribution is 2.24. The van der Waals surface area contributed by atoms with E-state index in [1.54, 1.807) is 0 Å². The number of aryl methyl sites for hydroxylation is 3. The SMILES string of the molecule is Cc1ccc2c(=O)c3ccccc3n(CCCNCc3ccccc3)c2c1C. The minimum Gasteiger partial charge on any atom is -0.340 e. The molecular formula is C25H26N2O. The van der Waals surface area contributed by atoms with E-state index in [9.17, 15) is 4.79 Å². The lowest BCUT2D eigenvalue weighted by Crippen LogP contribution is -2.18. The number of rotatable bonds is 6. The second-order valence-electron chi connectivity index (χ2n) is 7.42. The van der Waals surface area contributed by atoms with Gasteiger partial charge in [0.05, 0.1) is 11.0 Å². The molecule has 0 unspecified atom stereocenters. The molecule has 0 aliphatic heterocycles. The van der Waals surface area contributed by atoms with Crippen LogP contribution >= 0.6 is 0 Å². The van der Waals surface area contributed by atoms with Gasteiger partial charge in [0.1, 0.15) is 0 Å². The van der Waals surface area contributed by atoms with Crippen LogP contribution in [0.4, 0.5) is 0 Å². The first-order chi connectivity index (χ1) is 13.7. The van der Waals surface area contributed by atoms with Crippen molar-refractivity contribution in [1.29, 1.82) is 0 Å². The van der Waals surface area contributed by atoms with E-state index in [-0.39, 0.29) is 5.43 Å². The summed E-state index contributed by atoms with van der Waals surface area (Å²) in [5, 5.41) is 5.15. The van der Waals surface area contributed by atoms with Crippen molar-refractivity contribution in [1.82, 2.24) is 9.88 Å². The molecule has 0 aliphatic rings. The first-order valence-electron chi connectivity index (χ1n) is 9.93. The van der Waals surface area contributed by atoms with Crippen LogP contribution in [0.15, 0.2) is 71.5 Å². The first kappa shape index (κ1) is 18.5. The maximum Gasteiger partial charge on any atom is 0.197 e. The molecule has 0 atom stereocenters. The van der Waals surface area contributed by atoms with Crippen LogP contribution in [0.3, 0.4) is 0 Å². The van der Waals surface area contributed by atoms with Gasteiger partial charge in [-0.15, -0.1) is 0 Å². The zero-order chi connectivity index (χ0) is 19.5. The smallest absolute Gasteiger partial charge is 0.197 e. The number of hydrogen-bond donors (Lipinski definition) is 1. The summed E-state index contributed by atoms with van der Waals surface area (Å²) >= 11 is 0. The molecule has 4 aromatic rings. The summed E-state index contributed by atoms with van der Waals surface area (Å²) in [7, 11) is 0. The van der Waals surface area contributed by atoms with Crippen molar-refractivity contribution in [3.05, 3.63) is 93.6 Å². The van der Waals surface area contributed by atoms with Gasteiger partial charge in [-0.3, -0.25) is 4.79 Å². The van der Waals surface area contributed by atoms with Crippen molar-refractivity contribution in [2.45, 2.75) is 33.4 Å². The second-order valence-corrected chi connectivity index (χ2v) is 7.42. The van der Waals surface area contributed by atoms with Crippen molar-refractivity contribution in [3.8, 4) is 0 Å². The van der Waals surface area contributed by atoms with E-state index < -0.39 is 0 Å². The zero-order valence-corrected chi connectivity index (χ0v) is 16.5. The van der Waals surface area contributed by atoms with Crippen LogP contribution in [0.25, 0.3) is 21.8 Å². The van der Waals surface area contributed by atoms with Crippen LogP contribution in [-0.4, -0.2) is 11.1 Å². The molecule has 142 valence electrons. The monoisotopic (exact) mass is 370 g/mol. The molecule has 1 aromatic heterocycles. The molecule has 3 heteroatoms. The van der Waals surface area contributed by atoms with E-state index >= 15 is 0 Å². The molecule has 1 N–H and O–H groups in total. The Labute approximate surface area is 165 Å². The standard InChI is InChI=1S/C25H26N2O/c1-18-13-14-22-24(19(18)2)27(23-12-7-6-11-21(23)25(22)28)16-8-15-26-17-20-9-4-3-5-10-20/h3-7,9-14,26H,8,15-17H2,1-2H3. The fourth-order valence-electron chi connectivity index (χ4n) is 3.92. The van der Waals surface area contributed by atoms with Crippen molar-refractivity contribution in [2.75, 3.05) is 6.54 Å². The summed E-state index contributed by atoms with van der Waals surface area (Å²) in [6.07, 6.45) is 1.00. The van der Waals surface area contributed by atoms with Gasteiger partial charge in [0, 0.05) is 23.9 Å². The molecule has 3 nitrogen and oxygen atoms in total. The Morgan fingerprint density at radius 3 is 2.43 bits per heavy atom. The minimum atomic E-state index is 0.132. The Morgan fingerprint density at radius 2 is 1.61 bits per heavy atom. The van der Waals surface area contributed by atoms with Crippen molar-refractivity contribution in [2.24, 2.45) is 0 Å². The van der Waals surface area contributed by atoms with Gasteiger partial charge in [0.25, 0.3) is 0 Å². The maximum absolute atomic E-state index is 13.0. The average Bonchev–Trinajstić information content (AvgIpc) is 2.73. The Hall–Kier alpha value is -2.91. The molecule has 0 bridgehead atoms. The summed E-state index contributed by atoms with van der Waals surface area (Å²) in [6, 6.07) is 22.5.